The second kappa shape index (κ2) is 6.45. The van der Waals surface area contributed by atoms with Gasteiger partial charge in [0.1, 0.15) is 4.70 Å². The third kappa shape index (κ3) is 3.38. The zero-order valence-corrected chi connectivity index (χ0v) is 13.6. The zero-order chi connectivity index (χ0) is 15.7. The first kappa shape index (κ1) is 15.6. The van der Waals surface area contributed by atoms with Gasteiger partial charge in [0.15, 0.2) is 0 Å². The summed E-state index contributed by atoms with van der Waals surface area (Å²) < 4.78 is 7.83. The second-order valence-electron chi connectivity index (χ2n) is 5.97. The molecule has 0 unspecified atom stereocenters. The summed E-state index contributed by atoms with van der Waals surface area (Å²) in [6.07, 6.45) is 1.26. The molecular formula is C15H21N3O3S. The molecule has 2 aromatic rings. The lowest BCUT2D eigenvalue weighted by Gasteiger charge is -2.36. The minimum absolute atomic E-state index is 0.0808. The number of hydrogen-bond acceptors (Lipinski definition) is 6. The number of rotatable bonds is 4. The van der Waals surface area contributed by atoms with E-state index in [1.165, 1.54) is 22.2 Å². The van der Waals surface area contributed by atoms with Crippen LogP contribution in [-0.2, 0) is 11.3 Å². The minimum Gasteiger partial charge on any atom is -0.390 e. The molecule has 0 amide bonds. The molecule has 0 bridgehead atoms. The third-order valence-corrected chi connectivity index (χ3v) is 4.70. The Morgan fingerprint density at radius 3 is 2.86 bits per heavy atom. The normalized spacial score (nSPS) is 24.7. The van der Waals surface area contributed by atoms with E-state index in [0.29, 0.717) is 11.2 Å². The average molecular weight is 323 g/mol. The van der Waals surface area contributed by atoms with Crippen LogP contribution in [0.4, 0.5) is 0 Å². The molecule has 0 aliphatic carbocycles. The lowest BCUT2D eigenvalue weighted by Crippen LogP contribution is -2.48. The Labute approximate surface area is 133 Å². The van der Waals surface area contributed by atoms with Gasteiger partial charge in [-0.1, -0.05) is 0 Å². The van der Waals surface area contributed by atoms with E-state index in [9.17, 15) is 9.90 Å². The highest BCUT2D eigenvalue weighted by atomic mass is 32.1. The number of β-amino-alcohol motifs (C(OH)–C–C–N with tert-alkyl or cyclic N) is 1. The van der Waals surface area contributed by atoms with Gasteiger partial charge in [0.05, 0.1) is 36.7 Å². The first-order chi connectivity index (χ1) is 10.5. The van der Waals surface area contributed by atoms with Gasteiger partial charge in [-0.3, -0.25) is 14.3 Å². The summed E-state index contributed by atoms with van der Waals surface area (Å²) in [5, 5.41) is 12.2. The molecule has 3 rings (SSSR count). The average Bonchev–Trinajstić information content (AvgIpc) is 2.90. The van der Waals surface area contributed by atoms with Crippen molar-refractivity contribution in [3.05, 3.63) is 28.1 Å². The van der Waals surface area contributed by atoms with Gasteiger partial charge in [-0.25, -0.2) is 4.98 Å². The Balaban J connectivity index is 1.66. The van der Waals surface area contributed by atoms with E-state index in [0.717, 1.165) is 18.6 Å². The monoisotopic (exact) mass is 323 g/mol. The van der Waals surface area contributed by atoms with E-state index >= 15 is 0 Å². The Morgan fingerprint density at radius 1 is 1.41 bits per heavy atom. The number of hydrogen-bond donors (Lipinski definition) is 1. The van der Waals surface area contributed by atoms with Crippen molar-refractivity contribution >= 4 is 21.6 Å². The van der Waals surface area contributed by atoms with E-state index in [1.54, 1.807) is 0 Å². The van der Waals surface area contributed by atoms with Crippen LogP contribution in [0.3, 0.4) is 0 Å². The van der Waals surface area contributed by atoms with Crippen molar-refractivity contribution < 1.29 is 9.84 Å². The predicted molar refractivity (Wildman–Crippen MR) is 86.3 cm³/mol. The number of morpholine rings is 1. The molecule has 0 saturated carbocycles. The maximum atomic E-state index is 12.3. The van der Waals surface area contributed by atoms with Gasteiger partial charge in [0.2, 0.25) is 0 Å². The standard InChI is InChI=1S/C15H21N3O3S/c1-10-5-17(6-11(2)21-10)7-12(19)8-18-9-16-13-3-4-22-14(13)15(18)20/h3-4,9-12,19H,5-8H2,1-2H3/t10-,11-,12+/m1/s1. The number of fused-ring (bicyclic) bond motifs is 1. The van der Waals surface area contributed by atoms with Gasteiger partial charge < -0.3 is 9.84 Å². The number of ether oxygens (including phenoxy) is 1. The van der Waals surface area contributed by atoms with Gasteiger partial charge in [0, 0.05) is 19.6 Å². The lowest BCUT2D eigenvalue weighted by molar-refractivity contribution is -0.0773. The summed E-state index contributed by atoms with van der Waals surface area (Å²) in [6.45, 7) is 6.48. The fourth-order valence-corrected chi connectivity index (χ4v) is 3.82. The largest absolute Gasteiger partial charge is 0.390 e. The van der Waals surface area contributed by atoms with Crippen LogP contribution in [-0.4, -0.2) is 57.5 Å². The van der Waals surface area contributed by atoms with Crippen molar-refractivity contribution in [3.8, 4) is 0 Å². The van der Waals surface area contributed by atoms with Crippen LogP contribution in [0.2, 0.25) is 0 Å². The lowest BCUT2D eigenvalue weighted by atomic mass is 10.2. The summed E-state index contributed by atoms with van der Waals surface area (Å²) in [7, 11) is 0. The van der Waals surface area contributed by atoms with Crippen LogP contribution < -0.4 is 5.56 Å². The Hall–Kier alpha value is -1.28. The second-order valence-corrected chi connectivity index (χ2v) is 6.88. The summed E-state index contributed by atoms with van der Waals surface area (Å²) in [6, 6.07) is 1.83. The summed E-state index contributed by atoms with van der Waals surface area (Å²) >= 11 is 1.39. The molecule has 7 heteroatoms. The molecular weight excluding hydrogens is 302 g/mol. The molecule has 3 heterocycles. The Kier molecular flexibility index (Phi) is 4.58. The van der Waals surface area contributed by atoms with Crippen molar-refractivity contribution in [3.63, 3.8) is 0 Å². The van der Waals surface area contributed by atoms with Crippen LogP contribution in [0.5, 0.6) is 0 Å². The molecule has 0 radical (unpaired) electrons. The van der Waals surface area contributed by atoms with Gasteiger partial charge >= 0.3 is 0 Å². The fourth-order valence-electron chi connectivity index (χ4n) is 3.03. The summed E-state index contributed by atoms with van der Waals surface area (Å²) in [5.41, 5.74) is 0.638. The number of thiophene rings is 1. The highest BCUT2D eigenvalue weighted by molar-refractivity contribution is 7.17. The fraction of sp³-hybridized carbons (Fsp3) is 0.600. The molecule has 0 aromatic carbocycles. The van der Waals surface area contributed by atoms with Crippen molar-refractivity contribution in [2.75, 3.05) is 19.6 Å². The van der Waals surface area contributed by atoms with Crippen LogP contribution >= 0.6 is 11.3 Å². The van der Waals surface area contributed by atoms with Gasteiger partial charge in [-0.05, 0) is 25.3 Å². The molecule has 1 aliphatic heterocycles. The molecule has 1 fully saturated rings. The number of aliphatic hydroxyl groups excluding tert-OH is 1. The summed E-state index contributed by atoms with van der Waals surface area (Å²) in [4.78, 5) is 18.8. The SMILES string of the molecule is C[C@@H]1CN(C[C@H](O)Cn2cnc3ccsc3c2=O)C[C@@H](C)O1. The Bertz CT molecular complexity index is 689. The number of aliphatic hydroxyl groups is 1. The smallest absolute Gasteiger partial charge is 0.271 e. The molecule has 22 heavy (non-hydrogen) atoms. The van der Waals surface area contributed by atoms with E-state index in [2.05, 4.69) is 9.88 Å². The minimum atomic E-state index is -0.602. The van der Waals surface area contributed by atoms with Gasteiger partial charge in [-0.15, -0.1) is 11.3 Å². The maximum absolute atomic E-state index is 12.3. The maximum Gasteiger partial charge on any atom is 0.271 e. The van der Waals surface area contributed by atoms with Crippen LogP contribution in [0.25, 0.3) is 10.2 Å². The molecule has 2 aromatic heterocycles. The molecule has 1 aliphatic rings. The van der Waals surface area contributed by atoms with Gasteiger partial charge in [0.25, 0.3) is 5.56 Å². The van der Waals surface area contributed by atoms with Crippen molar-refractivity contribution in [1.82, 2.24) is 14.5 Å². The van der Waals surface area contributed by atoms with E-state index in [-0.39, 0.29) is 24.3 Å². The first-order valence-electron chi connectivity index (χ1n) is 7.51. The quantitative estimate of drug-likeness (QED) is 0.906. The zero-order valence-electron chi connectivity index (χ0n) is 12.8. The molecule has 1 N–H and O–H groups in total. The molecule has 6 nitrogen and oxygen atoms in total. The molecule has 3 atom stereocenters. The number of aromatic nitrogens is 2. The highest BCUT2D eigenvalue weighted by Crippen LogP contribution is 2.14. The number of nitrogens with zero attached hydrogens (tertiary/aromatic N) is 3. The highest BCUT2D eigenvalue weighted by Gasteiger charge is 2.24. The topological polar surface area (TPSA) is 67.6 Å². The third-order valence-electron chi connectivity index (χ3n) is 3.81. The van der Waals surface area contributed by atoms with E-state index in [4.69, 9.17) is 4.74 Å². The van der Waals surface area contributed by atoms with Crippen LogP contribution in [0.1, 0.15) is 13.8 Å². The van der Waals surface area contributed by atoms with Crippen LogP contribution in [0, 0.1) is 0 Å². The van der Waals surface area contributed by atoms with E-state index < -0.39 is 6.10 Å². The Morgan fingerprint density at radius 2 is 2.14 bits per heavy atom. The van der Waals surface area contributed by atoms with Crippen LogP contribution in [0.15, 0.2) is 22.6 Å². The molecule has 120 valence electrons. The molecule has 0 spiro atoms. The van der Waals surface area contributed by atoms with Crippen molar-refractivity contribution in [2.24, 2.45) is 0 Å². The summed E-state index contributed by atoms with van der Waals surface area (Å²) in [5.74, 6) is 0. The predicted octanol–water partition coefficient (Wildman–Crippen LogP) is 0.928. The van der Waals surface area contributed by atoms with Crippen molar-refractivity contribution in [2.45, 2.75) is 38.7 Å². The van der Waals surface area contributed by atoms with Gasteiger partial charge in [-0.2, -0.15) is 0 Å². The van der Waals surface area contributed by atoms with E-state index in [1.807, 2.05) is 25.3 Å². The molecule has 1 saturated heterocycles. The first-order valence-corrected chi connectivity index (χ1v) is 8.39. The van der Waals surface area contributed by atoms with Crippen molar-refractivity contribution in [1.29, 1.82) is 0 Å².